The fraction of sp³-hybridized carbons (Fsp3) is 0.333. The maximum Gasteiger partial charge on any atom is 0.315 e. The normalized spacial score (nSPS) is 7.71. The summed E-state index contributed by atoms with van der Waals surface area (Å²) in [6.07, 6.45) is 0. The van der Waals surface area contributed by atoms with Gasteiger partial charge < -0.3 is 10.6 Å². The van der Waals surface area contributed by atoms with Gasteiger partial charge in [0.1, 0.15) is 0 Å². The summed E-state index contributed by atoms with van der Waals surface area (Å²) in [7, 11) is 3.08. The van der Waals surface area contributed by atoms with E-state index >= 15 is 0 Å². The number of carbonyl (C=O) groups excluding carboxylic acids is 1. The van der Waals surface area contributed by atoms with E-state index in [2.05, 4.69) is 17.7 Å². The Labute approximate surface area is 47.0 Å². The zero-order valence-corrected chi connectivity index (χ0v) is 4.46. The predicted octanol–water partition coefficient (Wildman–Crippen LogP) is 0.273. The summed E-state index contributed by atoms with van der Waals surface area (Å²) < 4.78 is 0. The van der Waals surface area contributed by atoms with E-state index in [1.54, 1.807) is 0 Å². The molecule has 2 amide bonds. The third-order valence-electron chi connectivity index (χ3n) is 0.388. The molecule has 7 heavy (non-hydrogen) atoms. The third kappa shape index (κ3) is 3.39. The molecule has 0 bridgehead atoms. The molecule has 41 valence electrons. The Bertz CT molecular complexity index is 66.0. The minimum atomic E-state index is -0.366. The van der Waals surface area contributed by atoms with Gasteiger partial charge in [-0.3, -0.25) is 0 Å². The molecule has 3 nitrogen and oxygen atoms in total. The van der Waals surface area contributed by atoms with Gasteiger partial charge in [0.25, 0.3) is 0 Å². The lowest BCUT2D eigenvalue weighted by molar-refractivity contribution is 0.245. The standard InChI is InChI=1S/C3H6ClN2O/c1-5-3(7)6-2-4/h1-2H2,(H2,5,6,7). The van der Waals surface area contributed by atoms with Crippen molar-refractivity contribution in [1.29, 1.82) is 0 Å². The molecule has 0 aliphatic rings. The van der Waals surface area contributed by atoms with Gasteiger partial charge in [-0.25, -0.2) is 4.79 Å². The lowest BCUT2D eigenvalue weighted by Gasteiger charge is -1.94. The van der Waals surface area contributed by atoms with Gasteiger partial charge in [-0.15, -0.1) is 11.6 Å². The molecule has 0 heterocycles. The summed E-state index contributed by atoms with van der Waals surface area (Å²) in [6.45, 7) is 0. The van der Waals surface area contributed by atoms with Gasteiger partial charge in [-0.2, -0.15) is 0 Å². The number of nitrogens with one attached hydrogen (secondary N) is 2. The number of halogens is 1. The van der Waals surface area contributed by atoms with Crippen LogP contribution in [0.2, 0.25) is 0 Å². The van der Waals surface area contributed by atoms with Crippen molar-refractivity contribution in [3.63, 3.8) is 0 Å². The van der Waals surface area contributed by atoms with E-state index in [4.69, 9.17) is 11.6 Å². The minimum absolute atomic E-state index is 0.112. The Morgan fingerprint density at radius 3 is 2.57 bits per heavy atom. The van der Waals surface area contributed by atoms with Crippen LogP contribution < -0.4 is 10.6 Å². The minimum Gasteiger partial charge on any atom is -0.336 e. The topological polar surface area (TPSA) is 41.1 Å². The van der Waals surface area contributed by atoms with Crippen LogP contribution in [0.5, 0.6) is 0 Å². The molecular formula is C3H6ClN2O. The molecule has 2 N–H and O–H groups in total. The second-order valence-electron chi connectivity index (χ2n) is 0.816. The number of urea groups is 1. The number of carbonyl (C=O) groups is 1. The lowest BCUT2D eigenvalue weighted by Crippen LogP contribution is -2.30. The molecular weight excluding hydrogens is 115 g/mol. The molecule has 0 aromatic carbocycles. The third-order valence-corrected chi connectivity index (χ3v) is 0.522. The van der Waals surface area contributed by atoms with Crippen molar-refractivity contribution >= 4 is 17.6 Å². The molecule has 0 fully saturated rings. The Hall–Kier alpha value is -0.440. The largest absolute Gasteiger partial charge is 0.336 e. The molecule has 0 unspecified atom stereocenters. The summed E-state index contributed by atoms with van der Waals surface area (Å²) in [5.74, 6) is 0. The van der Waals surface area contributed by atoms with Crippen LogP contribution in [0.3, 0.4) is 0 Å². The molecule has 0 aromatic heterocycles. The van der Waals surface area contributed by atoms with Crippen LogP contribution in [0.4, 0.5) is 4.79 Å². The van der Waals surface area contributed by atoms with Gasteiger partial charge in [0, 0.05) is 7.05 Å². The van der Waals surface area contributed by atoms with E-state index in [0.29, 0.717) is 0 Å². The summed E-state index contributed by atoms with van der Waals surface area (Å²) in [5.41, 5.74) is 0. The van der Waals surface area contributed by atoms with Gasteiger partial charge in [0.15, 0.2) is 0 Å². The van der Waals surface area contributed by atoms with Crippen molar-refractivity contribution in [2.24, 2.45) is 0 Å². The fourth-order valence-electron chi connectivity index (χ4n) is 0.123. The predicted molar refractivity (Wildman–Crippen MR) is 27.7 cm³/mol. The van der Waals surface area contributed by atoms with E-state index in [0.717, 1.165) is 0 Å². The molecule has 0 aromatic rings. The number of amides is 2. The van der Waals surface area contributed by atoms with Gasteiger partial charge in [0.05, 0.1) is 6.00 Å². The number of hydrogen-bond donors (Lipinski definition) is 2. The van der Waals surface area contributed by atoms with Gasteiger partial charge >= 0.3 is 6.03 Å². The molecule has 0 atom stereocenters. The Morgan fingerprint density at radius 2 is 2.43 bits per heavy atom. The van der Waals surface area contributed by atoms with Crippen molar-refractivity contribution < 1.29 is 4.79 Å². The highest BCUT2D eigenvalue weighted by molar-refractivity contribution is 6.18. The van der Waals surface area contributed by atoms with Crippen LogP contribution in [-0.4, -0.2) is 12.0 Å². The Balaban J connectivity index is 3.00. The van der Waals surface area contributed by atoms with Crippen LogP contribution in [0, 0.1) is 7.05 Å². The quantitative estimate of drug-likeness (QED) is 0.380. The zero-order chi connectivity index (χ0) is 5.70. The second kappa shape index (κ2) is 3.74. The summed E-state index contributed by atoms with van der Waals surface area (Å²) in [4.78, 5) is 10.0. The molecule has 0 spiro atoms. The summed E-state index contributed by atoms with van der Waals surface area (Å²) >= 11 is 5.08. The summed E-state index contributed by atoms with van der Waals surface area (Å²) in [6, 6.07) is -0.253. The van der Waals surface area contributed by atoms with Crippen molar-refractivity contribution in [1.82, 2.24) is 10.6 Å². The highest BCUT2D eigenvalue weighted by Gasteiger charge is 1.87. The van der Waals surface area contributed by atoms with E-state index < -0.39 is 0 Å². The highest BCUT2D eigenvalue weighted by atomic mass is 35.5. The van der Waals surface area contributed by atoms with Crippen LogP contribution in [0.15, 0.2) is 0 Å². The maximum atomic E-state index is 10.0. The number of hydrogen-bond acceptors (Lipinski definition) is 1. The average Bonchev–Trinajstić information content (AvgIpc) is 1.68. The molecule has 0 saturated heterocycles. The van der Waals surface area contributed by atoms with E-state index in [1.165, 1.54) is 0 Å². The zero-order valence-electron chi connectivity index (χ0n) is 3.70. The Morgan fingerprint density at radius 1 is 1.86 bits per heavy atom. The second-order valence-corrected chi connectivity index (χ2v) is 1.08. The number of rotatable bonds is 1. The summed E-state index contributed by atoms with van der Waals surface area (Å²) in [5, 5.41) is 4.33. The van der Waals surface area contributed by atoms with Crippen LogP contribution in [-0.2, 0) is 0 Å². The first-order chi connectivity index (χ1) is 3.31. The average molecular weight is 122 g/mol. The SMILES string of the molecule is [CH2]NC(=O)NCCl. The van der Waals surface area contributed by atoms with Crippen molar-refractivity contribution in [3.05, 3.63) is 7.05 Å². The monoisotopic (exact) mass is 121 g/mol. The van der Waals surface area contributed by atoms with E-state index in [1.807, 2.05) is 0 Å². The molecule has 1 radical (unpaired) electrons. The van der Waals surface area contributed by atoms with Gasteiger partial charge in [0.2, 0.25) is 0 Å². The Kier molecular flexibility index (Phi) is 3.50. The number of alkyl halides is 1. The fourth-order valence-corrected chi connectivity index (χ4v) is 0.245. The van der Waals surface area contributed by atoms with Crippen LogP contribution in [0.1, 0.15) is 0 Å². The van der Waals surface area contributed by atoms with Crippen molar-refractivity contribution in [3.8, 4) is 0 Å². The van der Waals surface area contributed by atoms with E-state index in [9.17, 15) is 4.79 Å². The molecule has 0 aliphatic heterocycles. The maximum absolute atomic E-state index is 10.0. The molecule has 4 heteroatoms. The molecule has 0 aliphatic carbocycles. The lowest BCUT2D eigenvalue weighted by atomic mass is 11.0. The smallest absolute Gasteiger partial charge is 0.315 e. The molecule has 0 saturated carbocycles. The van der Waals surface area contributed by atoms with Crippen molar-refractivity contribution in [2.75, 3.05) is 6.00 Å². The first-order valence-corrected chi connectivity index (χ1v) is 2.21. The van der Waals surface area contributed by atoms with E-state index in [-0.39, 0.29) is 12.0 Å². The van der Waals surface area contributed by atoms with Crippen LogP contribution in [0.25, 0.3) is 0 Å². The van der Waals surface area contributed by atoms with Crippen molar-refractivity contribution in [2.45, 2.75) is 0 Å². The van der Waals surface area contributed by atoms with Gasteiger partial charge in [-0.1, -0.05) is 0 Å². The van der Waals surface area contributed by atoms with Crippen LogP contribution >= 0.6 is 11.6 Å². The first kappa shape index (κ1) is 6.56. The first-order valence-electron chi connectivity index (χ1n) is 1.68. The van der Waals surface area contributed by atoms with Gasteiger partial charge in [-0.05, 0) is 0 Å². The molecule has 0 rings (SSSR count). The highest BCUT2D eigenvalue weighted by Crippen LogP contribution is 1.65.